The Kier molecular flexibility index (Phi) is 6.22. The van der Waals surface area contributed by atoms with E-state index in [0.29, 0.717) is 16.5 Å². The van der Waals surface area contributed by atoms with Gasteiger partial charge in [0, 0.05) is 25.0 Å². The molecule has 1 aromatic heterocycles. The highest BCUT2D eigenvalue weighted by Gasteiger charge is 2.19. The summed E-state index contributed by atoms with van der Waals surface area (Å²) in [5.41, 5.74) is 0.493. The van der Waals surface area contributed by atoms with Crippen LogP contribution < -0.4 is 14.4 Å². The molecule has 6 nitrogen and oxygen atoms in total. The Labute approximate surface area is 150 Å². The lowest BCUT2D eigenvalue weighted by Gasteiger charge is -2.23. The maximum atomic E-state index is 12.1. The van der Waals surface area contributed by atoms with Gasteiger partial charge in [-0.2, -0.15) is 0 Å². The van der Waals surface area contributed by atoms with E-state index in [1.165, 1.54) is 25.0 Å². The molecule has 0 saturated heterocycles. The van der Waals surface area contributed by atoms with Gasteiger partial charge in [-0.15, -0.1) is 11.3 Å². The number of carbonyl (C=O) groups is 1. The second-order valence-corrected chi connectivity index (χ2v) is 8.19. The third kappa shape index (κ3) is 4.47. The van der Waals surface area contributed by atoms with Crippen molar-refractivity contribution in [3.05, 3.63) is 40.7 Å². The Balaban J connectivity index is 2.13. The average molecular weight is 389 g/mol. The second kappa shape index (κ2) is 7.98. The Hall–Kier alpha value is -1.61. The minimum absolute atomic E-state index is 0.0650. The van der Waals surface area contributed by atoms with Gasteiger partial charge in [0.25, 0.3) is 0 Å². The van der Waals surface area contributed by atoms with E-state index in [1.54, 1.807) is 29.6 Å². The number of amides is 1. The van der Waals surface area contributed by atoms with Crippen LogP contribution in [0.4, 0.5) is 5.69 Å². The molecule has 9 heteroatoms. The van der Waals surface area contributed by atoms with Gasteiger partial charge in [0.2, 0.25) is 15.9 Å². The lowest BCUT2D eigenvalue weighted by atomic mass is 10.2. The molecule has 0 bridgehead atoms. The molecule has 0 radical (unpaired) electrons. The standard InChI is InChI=1S/C15H17ClN2O4S2/c1-11(19)18(13-10-12(16)5-6-14(13)22-2)8-7-17-24(20,21)15-4-3-9-23-15/h3-6,9-10,17H,7-8H2,1-2H3. The predicted octanol–water partition coefficient (Wildman–Crippen LogP) is 2.74. The van der Waals surface area contributed by atoms with Crippen molar-refractivity contribution in [1.29, 1.82) is 0 Å². The number of carbonyl (C=O) groups excluding carboxylic acids is 1. The van der Waals surface area contributed by atoms with Gasteiger partial charge < -0.3 is 9.64 Å². The molecule has 0 atom stereocenters. The average Bonchev–Trinajstić information content (AvgIpc) is 3.06. The molecule has 1 heterocycles. The second-order valence-electron chi connectivity index (χ2n) is 4.82. The van der Waals surface area contributed by atoms with Crippen LogP contribution in [-0.4, -0.2) is 34.5 Å². The van der Waals surface area contributed by atoms with Gasteiger partial charge in [0.1, 0.15) is 9.96 Å². The van der Waals surface area contributed by atoms with Crippen molar-refractivity contribution in [3.8, 4) is 5.75 Å². The minimum atomic E-state index is -3.57. The van der Waals surface area contributed by atoms with E-state index >= 15 is 0 Å². The van der Waals surface area contributed by atoms with Crippen molar-refractivity contribution in [2.24, 2.45) is 0 Å². The molecule has 0 aliphatic carbocycles. The summed E-state index contributed by atoms with van der Waals surface area (Å²) < 4.78 is 32.2. The molecule has 0 aliphatic heterocycles. The van der Waals surface area contributed by atoms with E-state index < -0.39 is 10.0 Å². The number of halogens is 1. The maximum absolute atomic E-state index is 12.1. The van der Waals surface area contributed by atoms with Crippen molar-refractivity contribution in [2.75, 3.05) is 25.1 Å². The molecule has 0 unspecified atom stereocenters. The first-order chi connectivity index (χ1) is 11.3. The molecule has 0 fully saturated rings. The number of anilines is 1. The first kappa shape index (κ1) is 18.7. The summed E-state index contributed by atoms with van der Waals surface area (Å²) in [6, 6.07) is 8.11. The number of rotatable bonds is 7. The monoisotopic (exact) mass is 388 g/mol. The summed E-state index contributed by atoms with van der Waals surface area (Å²) in [5, 5.41) is 2.14. The van der Waals surface area contributed by atoms with E-state index in [1.807, 2.05) is 0 Å². The van der Waals surface area contributed by atoms with E-state index in [-0.39, 0.29) is 23.2 Å². The lowest BCUT2D eigenvalue weighted by Crippen LogP contribution is -2.37. The fourth-order valence-electron chi connectivity index (χ4n) is 2.10. The Morgan fingerprint density at radius 1 is 1.38 bits per heavy atom. The van der Waals surface area contributed by atoms with Gasteiger partial charge in [-0.3, -0.25) is 4.79 Å². The molecule has 24 heavy (non-hydrogen) atoms. The molecule has 130 valence electrons. The van der Waals surface area contributed by atoms with Gasteiger partial charge in [-0.1, -0.05) is 17.7 Å². The minimum Gasteiger partial charge on any atom is -0.495 e. The van der Waals surface area contributed by atoms with Crippen LogP contribution in [-0.2, 0) is 14.8 Å². The molecule has 2 aromatic rings. The van der Waals surface area contributed by atoms with Gasteiger partial charge in [-0.05, 0) is 29.6 Å². The van der Waals surface area contributed by atoms with E-state index in [4.69, 9.17) is 16.3 Å². The number of ether oxygens (including phenoxy) is 1. The maximum Gasteiger partial charge on any atom is 0.250 e. The fourth-order valence-corrected chi connectivity index (χ4v) is 4.33. The third-order valence-corrected chi connectivity index (χ3v) is 6.29. The van der Waals surface area contributed by atoms with E-state index in [2.05, 4.69) is 4.72 Å². The quantitative estimate of drug-likeness (QED) is 0.791. The van der Waals surface area contributed by atoms with Crippen LogP contribution in [0.3, 0.4) is 0 Å². The third-order valence-electron chi connectivity index (χ3n) is 3.20. The summed E-state index contributed by atoms with van der Waals surface area (Å²) >= 11 is 7.12. The number of nitrogens with zero attached hydrogens (tertiary/aromatic N) is 1. The van der Waals surface area contributed by atoms with Crippen LogP contribution in [0.2, 0.25) is 5.02 Å². The SMILES string of the molecule is COc1ccc(Cl)cc1N(CCNS(=O)(=O)c1cccs1)C(C)=O. The highest BCUT2D eigenvalue weighted by Crippen LogP contribution is 2.31. The van der Waals surface area contributed by atoms with Crippen molar-refractivity contribution in [1.82, 2.24) is 4.72 Å². The summed E-state index contributed by atoms with van der Waals surface area (Å²) in [6.07, 6.45) is 0. The number of methoxy groups -OCH3 is 1. The van der Waals surface area contributed by atoms with Gasteiger partial charge in [-0.25, -0.2) is 13.1 Å². The molecular formula is C15H17ClN2O4S2. The molecule has 2 rings (SSSR count). The largest absolute Gasteiger partial charge is 0.495 e. The zero-order chi connectivity index (χ0) is 17.7. The zero-order valence-corrected chi connectivity index (χ0v) is 15.5. The molecule has 0 spiro atoms. The Bertz CT molecular complexity index is 807. The van der Waals surface area contributed by atoms with Crippen LogP contribution in [0.5, 0.6) is 5.75 Å². The van der Waals surface area contributed by atoms with Gasteiger partial charge in [0.15, 0.2) is 0 Å². The van der Waals surface area contributed by atoms with Gasteiger partial charge in [0.05, 0.1) is 12.8 Å². The fraction of sp³-hybridized carbons (Fsp3) is 0.267. The summed E-state index contributed by atoms with van der Waals surface area (Å²) in [6.45, 7) is 1.61. The first-order valence-corrected chi connectivity index (χ1v) is 9.74. The van der Waals surface area contributed by atoms with Crippen LogP contribution in [0, 0.1) is 0 Å². The van der Waals surface area contributed by atoms with Gasteiger partial charge >= 0.3 is 0 Å². The zero-order valence-electron chi connectivity index (χ0n) is 13.2. The molecule has 1 aromatic carbocycles. The van der Waals surface area contributed by atoms with Crippen molar-refractivity contribution >= 4 is 44.6 Å². The normalized spacial score (nSPS) is 11.3. The van der Waals surface area contributed by atoms with Crippen LogP contribution in [0.25, 0.3) is 0 Å². The summed E-state index contributed by atoms with van der Waals surface area (Å²) in [4.78, 5) is 13.4. The van der Waals surface area contributed by atoms with E-state index in [0.717, 1.165) is 11.3 Å². The van der Waals surface area contributed by atoms with Crippen LogP contribution in [0.1, 0.15) is 6.92 Å². The van der Waals surface area contributed by atoms with Crippen molar-refractivity contribution < 1.29 is 17.9 Å². The Morgan fingerprint density at radius 3 is 2.71 bits per heavy atom. The highest BCUT2D eigenvalue weighted by molar-refractivity contribution is 7.91. The smallest absolute Gasteiger partial charge is 0.250 e. The first-order valence-electron chi connectivity index (χ1n) is 7.00. The number of thiophene rings is 1. The lowest BCUT2D eigenvalue weighted by molar-refractivity contribution is -0.116. The molecule has 1 amide bonds. The number of sulfonamides is 1. The topological polar surface area (TPSA) is 75.7 Å². The summed E-state index contributed by atoms with van der Waals surface area (Å²) in [5.74, 6) is 0.238. The Morgan fingerprint density at radius 2 is 2.12 bits per heavy atom. The highest BCUT2D eigenvalue weighted by atomic mass is 35.5. The predicted molar refractivity (Wildman–Crippen MR) is 95.5 cm³/mol. The number of hydrogen-bond donors (Lipinski definition) is 1. The van der Waals surface area contributed by atoms with Crippen LogP contribution >= 0.6 is 22.9 Å². The van der Waals surface area contributed by atoms with E-state index in [9.17, 15) is 13.2 Å². The van der Waals surface area contributed by atoms with Crippen molar-refractivity contribution in [2.45, 2.75) is 11.1 Å². The number of benzene rings is 1. The number of nitrogens with one attached hydrogen (secondary N) is 1. The summed E-state index contributed by atoms with van der Waals surface area (Å²) in [7, 11) is -2.08. The van der Waals surface area contributed by atoms with Crippen molar-refractivity contribution in [3.63, 3.8) is 0 Å². The number of hydrogen-bond acceptors (Lipinski definition) is 5. The molecule has 1 N–H and O–H groups in total. The molecule has 0 aliphatic rings. The molecular weight excluding hydrogens is 372 g/mol. The molecule has 0 saturated carbocycles. The van der Waals surface area contributed by atoms with Crippen LogP contribution in [0.15, 0.2) is 39.9 Å².